The highest BCUT2D eigenvalue weighted by atomic mass is 32.2. The molecule has 72 valence electrons. The van der Waals surface area contributed by atoms with Gasteiger partial charge in [0.2, 0.25) is 0 Å². The molecule has 0 heterocycles. The van der Waals surface area contributed by atoms with Gasteiger partial charge in [-0.3, -0.25) is 4.21 Å². The molecule has 1 N–H and O–H groups in total. The maximum absolute atomic E-state index is 10.1. The van der Waals surface area contributed by atoms with Crippen molar-refractivity contribution in [3.63, 3.8) is 0 Å². The van der Waals surface area contributed by atoms with Crippen LogP contribution in [0.1, 0.15) is 38.5 Å². The van der Waals surface area contributed by atoms with Crippen molar-refractivity contribution in [2.45, 2.75) is 38.5 Å². The van der Waals surface area contributed by atoms with E-state index in [9.17, 15) is 8.76 Å². The van der Waals surface area contributed by atoms with Crippen LogP contribution in [-0.2, 0) is 11.3 Å². The third kappa shape index (κ3) is 4.18. The molecule has 1 atom stereocenters. The van der Waals surface area contributed by atoms with Crippen molar-refractivity contribution in [2.24, 2.45) is 5.92 Å². The molecule has 0 aromatic heterocycles. The quantitative estimate of drug-likeness (QED) is 0.680. The van der Waals surface area contributed by atoms with E-state index in [-0.39, 0.29) is 0 Å². The van der Waals surface area contributed by atoms with Gasteiger partial charge in [0.05, 0.1) is 0 Å². The molecule has 0 radical (unpaired) electrons. The smallest absolute Gasteiger partial charge is 0.0181 e. The molecule has 3 nitrogen and oxygen atoms in total. The Kier molecular flexibility index (Phi) is 4.80. The van der Waals surface area contributed by atoms with E-state index in [2.05, 4.69) is 4.72 Å². The zero-order valence-electron chi connectivity index (χ0n) is 7.25. The van der Waals surface area contributed by atoms with E-state index in [0.717, 1.165) is 12.3 Å². The lowest BCUT2D eigenvalue weighted by molar-refractivity contribution is 0.339. The molecule has 0 amide bonds. The molecule has 0 saturated heterocycles. The van der Waals surface area contributed by atoms with Gasteiger partial charge in [-0.05, 0) is 12.3 Å². The Bertz CT molecular complexity index is 146. The Morgan fingerprint density at radius 3 is 2.58 bits per heavy atom. The van der Waals surface area contributed by atoms with Crippen LogP contribution in [0.4, 0.5) is 0 Å². The molecule has 0 aromatic carbocycles. The standard InChI is InChI=1S/C8H17NO2S/c10-12(11)9-7-6-8-4-2-1-3-5-8/h8-9H,1-7H2,(H,10,11)/p-1. The van der Waals surface area contributed by atoms with Crippen molar-refractivity contribution in [1.82, 2.24) is 4.72 Å². The summed E-state index contributed by atoms with van der Waals surface area (Å²) in [5.41, 5.74) is 0. The topological polar surface area (TPSA) is 52.2 Å². The lowest BCUT2D eigenvalue weighted by Gasteiger charge is -2.21. The maximum Gasteiger partial charge on any atom is 0.0181 e. The van der Waals surface area contributed by atoms with Crippen molar-refractivity contribution >= 4 is 11.3 Å². The molecule has 0 spiro atoms. The normalized spacial score (nSPS) is 22.4. The number of hydrogen-bond acceptors (Lipinski definition) is 2. The van der Waals surface area contributed by atoms with E-state index in [0.29, 0.717) is 6.54 Å². The zero-order chi connectivity index (χ0) is 8.81. The first-order valence-electron chi connectivity index (χ1n) is 4.62. The predicted molar refractivity (Wildman–Crippen MR) is 48.1 cm³/mol. The van der Waals surface area contributed by atoms with Crippen molar-refractivity contribution in [1.29, 1.82) is 0 Å². The first kappa shape index (κ1) is 10.2. The second-order valence-corrected chi connectivity index (χ2v) is 4.18. The fourth-order valence-corrected chi connectivity index (χ4v) is 2.11. The van der Waals surface area contributed by atoms with Crippen LogP contribution in [-0.4, -0.2) is 15.3 Å². The minimum absolute atomic E-state index is 0.612. The molecule has 0 aromatic rings. The van der Waals surface area contributed by atoms with Gasteiger partial charge in [0.25, 0.3) is 0 Å². The van der Waals surface area contributed by atoms with Gasteiger partial charge in [-0.2, -0.15) is 0 Å². The summed E-state index contributed by atoms with van der Waals surface area (Å²) in [6.45, 7) is 0.612. The Balaban J connectivity index is 2.01. The van der Waals surface area contributed by atoms with Crippen molar-refractivity contribution < 1.29 is 8.76 Å². The highest BCUT2D eigenvalue weighted by Gasteiger charge is 2.12. The fraction of sp³-hybridized carbons (Fsp3) is 1.00. The van der Waals surface area contributed by atoms with E-state index < -0.39 is 11.3 Å². The summed E-state index contributed by atoms with van der Waals surface area (Å²) in [6, 6.07) is 0. The van der Waals surface area contributed by atoms with Crippen LogP contribution in [0.5, 0.6) is 0 Å². The minimum Gasteiger partial charge on any atom is -0.760 e. The molecular weight excluding hydrogens is 174 g/mol. The van der Waals surface area contributed by atoms with Gasteiger partial charge in [-0.15, -0.1) is 0 Å². The van der Waals surface area contributed by atoms with Crippen molar-refractivity contribution in [2.75, 3.05) is 6.54 Å². The summed E-state index contributed by atoms with van der Waals surface area (Å²) in [4.78, 5) is 0. The van der Waals surface area contributed by atoms with E-state index in [1.54, 1.807) is 0 Å². The Hall–Kier alpha value is 0.0700. The summed E-state index contributed by atoms with van der Waals surface area (Å²) >= 11 is -2.07. The van der Waals surface area contributed by atoms with Gasteiger partial charge in [-0.25, -0.2) is 4.72 Å². The van der Waals surface area contributed by atoms with Gasteiger partial charge in [0.1, 0.15) is 0 Å². The van der Waals surface area contributed by atoms with Gasteiger partial charge < -0.3 is 4.55 Å². The summed E-state index contributed by atoms with van der Waals surface area (Å²) in [7, 11) is 0. The van der Waals surface area contributed by atoms with Gasteiger partial charge >= 0.3 is 0 Å². The highest BCUT2D eigenvalue weighted by Crippen LogP contribution is 2.25. The number of nitrogens with one attached hydrogen (secondary N) is 1. The summed E-state index contributed by atoms with van der Waals surface area (Å²) in [5.74, 6) is 0.759. The SMILES string of the molecule is O=S([O-])NCCC1CCCCC1. The Morgan fingerprint density at radius 2 is 2.00 bits per heavy atom. The lowest BCUT2D eigenvalue weighted by atomic mass is 9.87. The molecule has 1 unspecified atom stereocenters. The Morgan fingerprint density at radius 1 is 1.33 bits per heavy atom. The van der Waals surface area contributed by atoms with Crippen LogP contribution in [0, 0.1) is 5.92 Å². The zero-order valence-corrected chi connectivity index (χ0v) is 8.07. The Labute approximate surface area is 76.4 Å². The largest absolute Gasteiger partial charge is 0.760 e. The molecule has 0 bridgehead atoms. The van der Waals surface area contributed by atoms with Crippen LogP contribution in [0.3, 0.4) is 0 Å². The monoisotopic (exact) mass is 190 g/mol. The third-order valence-corrected chi connectivity index (χ3v) is 2.94. The van der Waals surface area contributed by atoms with Crippen LogP contribution in [0.25, 0.3) is 0 Å². The molecule has 1 aliphatic carbocycles. The molecule has 1 rings (SSSR count). The van der Waals surface area contributed by atoms with E-state index in [4.69, 9.17) is 0 Å². The molecule has 1 saturated carbocycles. The molecular formula is C8H16NO2S-. The van der Waals surface area contributed by atoms with Crippen molar-refractivity contribution in [3.05, 3.63) is 0 Å². The minimum atomic E-state index is -2.07. The summed E-state index contributed by atoms with van der Waals surface area (Å²) < 4.78 is 22.7. The second kappa shape index (κ2) is 5.67. The molecule has 1 fully saturated rings. The van der Waals surface area contributed by atoms with E-state index in [1.807, 2.05) is 0 Å². The summed E-state index contributed by atoms with van der Waals surface area (Å²) in [5, 5.41) is 0. The average molecular weight is 190 g/mol. The van der Waals surface area contributed by atoms with E-state index >= 15 is 0 Å². The third-order valence-electron chi connectivity index (χ3n) is 2.50. The predicted octanol–water partition coefficient (Wildman–Crippen LogP) is 1.34. The molecule has 0 aliphatic heterocycles. The second-order valence-electron chi connectivity index (χ2n) is 3.42. The fourth-order valence-electron chi connectivity index (χ4n) is 1.82. The average Bonchev–Trinajstić information content (AvgIpc) is 2.05. The van der Waals surface area contributed by atoms with E-state index in [1.165, 1.54) is 32.1 Å². The van der Waals surface area contributed by atoms with Gasteiger partial charge in [0, 0.05) is 17.8 Å². The molecule has 12 heavy (non-hydrogen) atoms. The first-order chi connectivity index (χ1) is 5.79. The van der Waals surface area contributed by atoms with Gasteiger partial charge in [0.15, 0.2) is 0 Å². The van der Waals surface area contributed by atoms with Crippen LogP contribution >= 0.6 is 0 Å². The summed E-state index contributed by atoms with van der Waals surface area (Å²) in [6.07, 6.45) is 7.59. The maximum atomic E-state index is 10.1. The highest BCUT2D eigenvalue weighted by molar-refractivity contribution is 7.77. The molecule has 4 heteroatoms. The van der Waals surface area contributed by atoms with Crippen LogP contribution in [0.15, 0.2) is 0 Å². The lowest BCUT2D eigenvalue weighted by Crippen LogP contribution is -2.21. The van der Waals surface area contributed by atoms with Crippen LogP contribution in [0.2, 0.25) is 0 Å². The van der Waals surface area contributed by atoms with Crippen LogP contribution < -0.4 is 4.72 Å². The number of rotatable bonds is 4. The first-order valence-corrected chi connectivity index (χ1v) is 5.69. The number of hydrogen-bond donors (Lipinski definition) is 1. The van der Waals surface area contributed by atoms with Crippen molar-refractivity contribution in [3.8, 4) is 0 Å². The van der Waals surface area contributed by atoms with Gasteiger partial charge in [-0.1, -0.05) is 32.1 Å². The molecule has 1 aliphatic rings.